The largest absolute Gasteiger partial charge is 0.480 e. The minimum absolute atomic E-state index is 0.0345. The zero-order valence-corrected chi connectivity index (χ0v) is 19.7. The molecule has 2 amide bonds. The molecule has 7 heteroatoms. The predicted octanol–water partition coefficient (Wildman–Crippen LogP) is 4.91. The molecule has 180 valence electrons. The quantitative estimate of drug-likeness (QED) is 0.486. The van der Waals surface area contributed by atoms with E-state index in [9.17, 15) is 14.4 Å². The van der Waals surface area contributed by atoms with Crippen LogP contribution in [0.2, 0.25) is 0 Å². The van der Waals surface area contributed by atoms with Crippen molar-refractivity contribution in [3.63, 3.8) is 0 Å². The number of nitrogens with one attached hydrogen (secondary N) is 1. The highest BCUT2D eigenvalue weighted by Crippen LogP contribution is 2.44. The van der Waals surface area contributed by atoms with Crippen molar-refractivity contribution in [1.82, 2.24) is 4.90 Å². The minimum Gasteiger partial charge on any atom is -0.480 e. The molecule has 0 aromatic heterocycles. The van der Waals surface area contributed by atoms with Crippen LogP contribution in [0.25, 0.3) is 11.1 Å². The molecule has 0 spiro atoms. The maximum absolute atomic E-state index is 12.7. The van der Waals surface area contributed by atoms with Crippen LogP contribution in [0.5, 0.6) is 0 Å². The maximum atomic E-state index is 12.7. The number of fused-ring (bicyclic) bond motifs is 3. The number of hydrogen-bond acceptors (Lipinski definition) is 4. The van der Waals surface area contributed by atoms with Crippen molar-refractivity contribution in [3.05, 3.63) is 89.5 Å². The number of carboxylic acid groups (broad SMARTS) is 1. The highest BCUT2D eigenvalue weighted by atomic mass is 16.5. The van der Waals surface area contributed by atoms with Crippen LogP contribution in [0.15, 0.2) is 72.8 Å². The van der Waals surface area contributed by atoms with E-state index < -0.39 is 18.1 Å². The van der Waals surface area contributed by atoms with Gasteiger partial charge in [0, 0.05) is 25.1 Å². The summed E-state index contributed by atoms with van der Waals surface area (Å²) in [5.41, 5.74) is 5.93. The van der Waals surface area contributed by atoms with Crippen molar-refractivity contribution in [2.75, 3.05) is 19.0 Å². The number of anilines is 1. The third kappa shape index (κ3) is 5.19. The number of carbonyl (C=O) groups is 3. The van der Waals surface area contributed by atoms with Gasteiger partial charge >= 0.3 is 12.1 Å². The Morgan fingerprint density at radius 2 is 1.51 bits per heavy atom. The molecule has 1 atom stereocenters. The highest BCUT2D eigenvalue weighted by Gasteiger charge is 2.29. The number of benzene rings is 3. The zero-order valence-electron chi connectivity index (χ0n) is 19.7. The minimum atomic E-state index is -1.06. The first kappa shape index (κ1) is 24.0. The van der Waals surface area contributed by atoms with Gasteiger partial charge in [0.1, 0.15) is 12.6 Å². The third-order valence-corrected chi connectivity index (χ3v) is 6.54. The van der Waals surface area contributed by atoms with Crippen molar-refractivity contribution < 1.29 is 24.2 Å². The number of aryl methyl sites for hydroxylation is 1. The van der Waals surface area contributed by atoms with Crippen molar-refractivity contribution in [1.29, 1.82) is 0 Å². The molecule has 0 aliphatic heterocycles. The lowest BCUT2D eigenvalue weighted by atomic mass is 9.98. The standard InChI is InChI=1S/C28H28N2O5/c1-18(27(32)33)30(2)26(31)16-15-19-9-3-8-14-25(19)29-28(34)35-17-24-22-12-6-4-10-20(22)21-11-5-7-13-23(21)24/h3-14,18,24H,15-17H2,1-2H3,(H,29,34)(H,32,33)/t18-/m0/s1. The number of hydrogen-bond donors (Lipinski definition) is 2. The zero-order chi connectivity index (χ0) is 24.9. The van der Waals surface area contributed by atoms with Gasteiger partial charge in [-0.05, 0) is 47.2 Å². The molecule has 0 saturated carbocycles. The van der Waals surface area contributed by atoms with Crippen LogP contribution in [0, 0.1) is 0 Å². The number of likely N-dealkylation sites (N-methyl/N-ethyl adjacent to an activating group) is 1. The van der Waals surface area contributed by atoms with Crippen molar-refractivity contribution in [2.45, 2.75) is 31.7 Å². The SMILES string of the molecule is C[C@@H](C(=O)O)N(C)C(=O)CCc1ccccc1NC(=O)OCC1c2ccccc2-c2ccccc21. The van der Waals surface area contributed by atoms with Crippen LogP contribution in [0.4, 0.5) is 10.5 Å². The molecule has 0 bridgehead atoms. The maximum Gasteiger partial charge on any atom is 0.411 e. The summed E-state index contributed by atoms with van der Waals surface area (Å²) < 4.78 is 5.63. The fourth-order valence-electron chi connectivity index (χ4n) is 4.40. The Morgan fingerprint density at radius 1 is 0.943 bits per heavy atom. The smallest absolute Gasteiger partial charge is 0.411 e. The fraction of sp³-hybridized carbons (Fsp3) is 0.250. The molecule has 4 rings (SSSR count). The Kier molecular flexibility index (Phi) is 7.15. The fourth-order valence-corrected chi connectivity index (χ4v) is 4.40. The molecule has 2 N–H and O–H groups in total. The van der Waals surface area contributed by atoms with E-state index in [1.54, 1.807) is 12.1 Å². The predicted molar refractivity (Wildman–Crippen MR) is 133 cm³/mol. The molecule has 0 unspecified atom stereocenters. The van der Waals surface area contributed by atoms with Gasteiger partial charge in [-0.3, -0.25) is 10.1 Å². The van der Waals surface area contributed by atoms with Gasteiger partial charge in [-0.2, -0.15) is 0 Å². The van der Waals surface area contributed by atoms with E-state index in [0.717, 1.165) is 27.8 Å². The molecule has 35 heavy (non-hydrogen) atoms. The number of nitrogens with zero attached hydrogens (tertiary/aromatic N) is 1. The molecular weight excluding hydrogens is 444 g/mol. The van der Waals surface area contributed by atoms with E-state index in [-0.39, 0.29) is 24.9 Å². The molecule has 3 aromatic carbocycles. The monoisotopic (exact) mass is 472 g/mol. The van der Waals surface area contributed by atoms with Gasteiger partial charge in [0.15, 0.2) is 0 Å². The topological polar surface area (TPSA) is 95.9 Å². The van der Waals surface area contributed by atoms with E-state index in [4.69, 9.17) is 9.84 Å². The summed E-state index contributed by atoms with van der Waals surface area (Å²) in [6.45, 7) is 1.67. The first-order valence-corrected chi connectivity index (χ1v) is 11.5. The number of carboxylic acids is 1. The average Bonchev–Trinajstić information content (AvgIpc) is 3.19. The van der Waals surface area contributed by atoms with E-state index in [1.165, 1.54) is 18.9 Å². The lowest BCUT2D eigenvalue weighted by Gasteiger charge is -2.21. The first-order valence-electron chi connectivity index (χ1n) is 11.5. The van der Waals surface area contributed by atoms with E-state index in [2.05, 4.69) is 29.6 Å². The second kappa shape index (κ2) is 10.4. The second-order valence-electron chi connectivity index (χ2n) is 8.63. The van der Waals surface area contributed by atoms with Gasteiger partial charge in [-0.1, -0.05) is 66.7 Å². The molecule has 0 fully saturated rings. The van der Waals surface area contributed by atoms with Crippen LogP contribution < -0.4 is 5.32 Å². The average molecular weight is 473 g/mol. The Morgan fingerprint density at radius 3 is 2.14 bits per heavy atom. The van der Waals surface area contributed by atoms with Crippen LogP contribution in [-0.2, 0) is 20.7 Å². The number of ether oxygens (including phenoxy) is 1. The Labute approximate surface area is 204 Å². The van der Waals surface area contributed by atoms with Gasteiger partial charge in [0.2, 0.25) is 5.91 Å². The van der Waals surface area contributed by atoms with Gasteiger partial charge in [-0.25, -0.2) is 9.59 Å². The number of amides is 2. The van der Waals surface area contributed by atoms with E-state index >= 15 is 0 Å². The Balaban J connectivity index is 1.38. The summed E-state index contributed by atoms with van der Waals surface area (Å²) in [5.74, 6) is -1.37. The molecular formula is C28H28N2O5. The van der Waals surface area contributed by atoms with Crippen molar-refractivity contribution >= 4 is 23.7 Å². The summed E-state index contributed by atoms with van der Waals surface area (Å²) in [7, 11) is 1.47. The van der Waals surface area contributed by atoms with Crippen LogP contribution >= 0.6 is 0 Å². The highest BCUT2D eigenvalue weighted by molar-refractivity contribution is 5.87. The van der Waals surface area contributed by atoms with E-state index in [1.807, 2.05) is 36.4 Å². The number of para-hydroxylation sites is 1. The van der Waals surface area contributed by atoms with Gasteiger partial charge in [0.25, 0.3) is 0 Å². The van der Waals surface area contributed by atoms with Gasteiger partial charge < -0.3 is 14.7 Å². The molecule has 0 heterocycles. The van der Waals surface area contributed by atoms with E-state index in [0.29, 0.717) is 12.1 Å². The molecule has 1 aliphatic carbocycles. The second-order valence-corrected chi connectivity index (χ2v) is 8.63. The third-order valence-electron chi connectivity index (χ3n) is 6.54. The summed E-state index contributed by atoms with van der Waals surface area (Å²) in [6.07, 6.45) is -0.0883. The van der Waals surface area contributed by atoms with Gasteiger partial charge in [0.05, 0.1) is 0 Å². The molecule has 0 radical (unpaired) electrons. The molecule has 3 aromatic rings. The Bertz CT molecular complexity index is 1210. The molecule has 7 nitrogen and oxygen atoms in total. The summed E-state index contributed by atoms with van der Waals surface area (Å²) in [5, 5.41) is 11.9. The normalized spacial score (nSPS) is 12.9. The van der Waals surface area contributed by atoms with Crippen molar-refractivity contribution in [3.8, 4) is 11.1 Å². The molecule has 0 saturated heterocycles. The number of aliphatic carboxylic acids is 1. The summed E-state index contributed by atoms with van der Waals surface area (Å²) >= 11 is 0. The Hall–Kier alpha value is -4.13. The summed E-state index contributed by atoms with van der Waals surface area (Å²) in [4.78, 5) is 37.4. The first-order chi connectivity index (χ1) is 16.9. The summed E-state index contributed by atoms with van der Waals surface area (Å²) in [6, 6.07) is 22.6. The molecule has 1 aliphatic rings. The lowest BCUT2D eigenvalue weighted by Crippen LogP contribution is -2.40. The van der Waals surface area contributed by atoms with Gasteiger partial charge in [-0.15, -0.1) is 0 Å². The van der Waals surface area contributed by atoms with Crippen LogP contribution in [0.3, 0.4) is 0 Å². The van der Waals surface area contributed by atoms with Crippen LogP contribution in [0.1, 0.15) is 36.0 Å². The number of carbonyl (C=O) groups excluding carboxylic acids is 2. The lowest BCUT2D eigenvalue weighted by molar-refractivity contribution is -0.148. The number of rotatable bonds is 8. The van der Waals surface area contributed by atoms with Crippen LogP contribution in [-0.4, -0.2) is 47.7 Å². The van der Waals surface area contributed by atoms with Crippen molar-refractivity contribution in [2.24, 2.45) is 0 Å².